The standard InChI is InChI=1S/C10H15NO2/c1-8(10(11)4-5-12)7-9-3-2-6-13-9/h2-3,6-7,10,12H,4-5,11H2,1H3/b8-7+. The van der Waals surface area contributed by atoms with Gasteiger partial charge in [0.05, 0.1) is 6.26 Å². The van der Waals surface area contributed by atoms with Gasteiger partial charge < -0.3 is 15.3 Å². The number of nitrogens with two attached hydrogens (primary N) is 1. The molecule has 0 saturated carbocycles. The maximum Gasteiger partial charge on any atom is 0.126 e. The lowest BCUT2D eigenvalue weighted by molar-refractivity contribution is 0.281. The predicted octanol–water partition coefficient (Wildman–Crippen LogP) is 1.39. The quantitative estimate of drug-likeness (QED) is 0.738. The SMILES string of the molecule is C/C(=C\c1ccco1)C(N)CCO. The second-order valence-corrected chi connectivity index (χ2v) is 3.02. The summed E-state index contributed by atoms with van der Waals surface area (Å²) in [5, 5.41) is 8.68. The Morgan fingerprint density at radius 2 is 2.54 bits per heavy atom. The highest BCUT2D eigenvalue weighted by atomic mass is 16.3. The molecule has 13 heavy (non-hydrogen) atoms. The fourth-order valence-electron chi connectivity index (χ4n) is 1.07. The van der Waals surface area contributed by atoms with Crippen LogP contribution in [0.2, 0.25) is 0 Å². The molecule has 1 heterocycles. The first-order valence-electron chi connectivity index (χ1n) is 4.32. The summed E-state index contributed by atoms with van der Waals surface area (Å²) >= 11 is 0. The first-order valence-corrected chi connectivity index (χ1v) is 4.32. The summed E-state index contributed by atoms with van der Waals surface area (Å²) in [7, 11) is 0. The fraction of sp³-hybridized carbons (Fsp3) is 0.400. The molecule has 1 aromatic heterocycles. The van der Waals surface area contributed by atoms with E-state index in [4.69, 9.17) is 15.3 Å². The largest absolute Gasteiger partial charge is 0.465 e. The molecule has 1 aromatic rings. The van der Waals surface area contributed by atoms with E-state index in [1.54, 1.807) is 6.26 Å². The van der Waals surface area contributed by atoms with Gasteiger partial charge in [-0.05, 0) is 31.6 Å². The van der Waals surface area contributed by atoms with E-state index in [9.17, 15) is 0 Å². The molecule has 3 N–H and O–H groups in total. The number of hydrogen-bond donors (Lipinski definition) is 2. The van der Waals surface area contributed by atoms with Crippen molar-refractivity contribution in [3.63, 3.8) is 0 Å². The normalized spacial score (nSPS) is 14.5. The highest BCUT2D eigenvalue weighted by Gasteiger charge is 2.03. The van der Waals surface area contributed by atoms with Crippen LogP contribution >= 0.6 is 0 Å². The van der Waals surface area contributed by atoms with E-state index >= 15 is 0 Å². The van der Waals surface area contributed by atoms with Gasteiger partial charge in [0, 0.05) is 12.6 Å². The van der Waals surface area contributed by atoms with Crippen molar-refractivity contribution >= 4 is 6.08 Å². The number of aliphatic hydroxyl groups is 1. The van der Waals surface area contributed by atoms with Crippen molar-refractivity contribution in [2.45, 2.75) is 19.4 Å². The minimum absolute atomic E-state index is 0.0879. The summed E-state index contributed by atoms with van der Waals surface area (Å²) in [5.41, 5.74) is 6.79. The van der Waals surface area contributed by atoms with Crippen molar-refractivity contribution < 1.29 is 9.52 Å². The predicted molar refractivity (Wildman–Crippen MR) is 52.0 cm³/mol. The summed E-state index contributed by atoms with van der Waals surface area (Å²) in [6, 6.07) is 3.61. The summed E-state index contributed by atoms with van der Waals surface area (Å²) in [5.74, 6) is 0.797. The van der Waals surface area contributed by atoms with Gasteiger partial charge in [-0.3, -0.25) is 0 Å². The van der Waals surface area contributed by atoms with Gasteiger partial charge in [-0.1, -0.05) is 5.57 Å². The van der Waals surface area contributed by atoms with Gasteiger partial charge in [0.1, 0.15) is 5.76 Å². The highest BCUT2D eigenvalue weighted by molar-refractivity contribution is 5.47. The third kappa shape index (κ3) is 3.05. The molecule has 0 bridgehead atoms. The number of hydrogen-bond acceptors (Lipinski definition) is 3. The van der Waals surface area contributed by atoms with Crippen molar-refractivity contribution in [3.05, 3.63) is 29.7 Å². The smallest absolute Gasteiger partial charge is 0.126 e. The van der Waals surface area contributed by atoms with Gasteiger partial charge in [-0.2, -0.15) is 0 Å². The Labute approximate surface area is 77.9 Å². The van der Waals surface area contributed by atoms with E-state index in [1.165, 1.54) is 0 Å². The zero-order chi connectivity index (χ0) is 9.68. The molecule has 72 valence electrons. The van der Waals surface area contributed by atoms with Crippen LogP contribution in [0.3, 0.4) is 0 Å². The minimum atomic E-state index is -0.0879. The van der Waals surface area contributed by atoms with Gasteiger partial charge in [-0.25, -0.2) is 0 Å². The van der Waals surface area contributed by atoms with Crippen LogP contribution in [0, 0.1) is 0 Å². The second-order valence-electron chi connectivity index (χ2n) is 3.02. The molecule has 1 rings (SSSR count). The van der Waals surface area contributed by atoms with E-state index in [1.807, 2.05) is 25.1 Å². The second kappa shape index (κ2) is 4.84. The Bertz CT molecular complexity index is 264. The van der Waals surface area contributed by atoms with Crippen LogP contribution in [0.4, 0.5) is 0 Å². The lowest BCUT2D eigenvalue weighted by Crippen LogP contribution is -2.22. The summed E-state index contributed by atoms with van der Waals surface area (Å²) in [6.07, 6.45) is 4.10. The average molecular weight is 181 g/mol. The van der Waals surface area contributed by atoms with Crippen LogP contribution in [0.25, 0.3) is 6.08 Å². The molecule has 0 aliphatic carbocycles. The monoisotopic (exact) mass is 181 g/mol. The van der Waals surface area contributed by atoms with Crippen molar-refractivity contribution in [1.82, 2.24) is 0 Å². The van der Waals surface area contributed by atoms with Crippen molar-refractivity contribution in [2.24, 2.45) is 5.73 Å². The Kier molecular flexibility index (Phi) is 3.73. The molecule has 3 heteroatoms. The maximum atomic E-state index is 8.68. The molecule has 0 spiro atoms. The zero-order valence-electron chi connectivity index (χ0n) is 7.73. The lowest BCUT2D eigenvalue weighted by Gasteiger charge is -2.09. The van der Waals surface area contributed by atoms with Gasteiger partial charge in [-0.15, -0.1) is 0 Å². The van der Waals surface area contributed by atoms with Crippen molar-refractivity contribution in [1.29, 1.82) is 0 Å². The Morgan fingerprint density at radius 3 is 3.08 bits per heavy atom. The number of rotatable bonds is 4. The zero-order valence-corrected chi connectivity index (χ0v) is 7.73. The Hall–Kier alpha value is -1.06. The lowest BCUT2D eigenvalue weighted by atomic mass is 10.1. The van der Waals surface area contributed by atoms with Crippen LogP contribution < -0.4 is 5.73 Å². The first-order chi connectivity index (χ1) is 6.24. The third-order valence-electron chi connectivity index (χ3n) is 1.94. The molecule has 0 amide bonds. The summed E-state index contributed by atoms with van der Waals surface area (Å²) in [6.45, 7) is 2.05. The van der Waals surface area contributed by atoms with Crippen LogP contribution in [0.5, 0.6) is 0 Å². The van der Waals surface area contributed by atoms with E-state index in [0.717, 1.165) is 11.3 Å². The molecule has 0 saturated heterocycles. The van der Waals surface area contributed by atoms with E-state index in [2.05, 4.69) is 0 Å². The number of furan rings is 1. The van der Waals surface area contributed by atoms with E-state index in [-0.39, 0.29) is 12.6 Å². The molecule has 1 unspecified atom stereocenters. The topological polar surface area (TPSA) is 59.4 Å². The van der Waals surface area contributed by atoms with Crippen molar-refractivity contribution in [3.8, 4) is 0 Å². The summed E-state index contributed by atoms with van der Waals surface area (Å²) in [4.78, 5) is 0. The molecule has 0 radical (unpaired) electrons. The van der Waals surface area contributed by atoms with E-state index in [0.29, 0.717) is 6.42 Å². The molecule has 0 fully saturated rings. The fourth-order valence-corrected chi connectivity index (χ4v) is 1.07. The molecule has 0 aliphatic rings. The van der Waals surface area contributed by atoms with Gasteiger partial charge in [0.2, 0.25) is 0 Å². The Morgan fingerprint density at radius 1 is 1.77 bits per heavy atom. The van der Waals surface area contributed by atoms with Gasteiger partial charge >= 0.3 is 0 Å². The Balaban J connectivity index is 2.60. The molecule has 1 atom stereocenters. The molecule has 0 aromatic carbocycles. The van der Waals surface area contributed by atoms with Gasteiger partial charge in [0.15, 0.2) is 0 Å². The molecular formula is C10H15NO2. The van der Waals surface area contributed by atoms with Crippen LogP contribution in [-0.4, -0.2) is 17.8 Å². The first kappa shape index (κ1) is 10.0. The maximum absolute atomic E-state index is 8.68. The van der Waals surface area contributed by atoms with Crippen molar-refractivity contribution in [2.75, 3.05) is 6.61 Å². The van der Waals surface area contributed by atoms with Crippen LogP contribution in [0.15, 0.2) is 28.4 Å². The minimum Gasteiger partial charge on any atom is -0.465 e. The van der Waals surface area contributed by atoms with Gasteiger partial charge in [0.25, 0.3) is 0 Å². The molecular weight excluding hydrogens is 166 g/mol. The van der Waals surface area contributed by atoms with Crippen LogP contribution in [0.1, 0.15) is 19.1 Å². The van der Waals surface area contributed by atoms with Crippen LogP contribution in [-0.2, 0) is 0 Å². The molecule has 3 nitrogen and oxygen atoms in total. The summed E-state index contributed by atoms with van der Waals surface area (Å²) < 4.78 is 5.14. The van der Waals surface area contributed by atoms with E-state index < -0.39 is 0 Å². The average Bonchev–Trinajstić information content (AvgIpc) is 2.57. The number of aliphatic hydroxyl groups excluding tert-OH is 1. The third-order valence-corrected chi connectivity index (χ3v) is 1.94. The molecule has 0 aliphatic heterocycles. The highest BCUT2D eigenvalue weighted by Crippen LogP contribution is 2.10.